The van der Waals surface area contributed by atoms with Gasteiger partial charge >= 0.3 is 0 Å². The van der Waals surface area contributed by atoms with Crippen LogP contribution >= 0.6 is 0 Å². The standard InChI is InChI=1S/C15H21FN2O3.ClH/c16-13-2-4-14(5-3-13)21-12-15(19)17-6-1-7-18-8-10-20-11-9-18;/h2-5H,1,6-12H2,(H,17,19);1H/p-1. The zero-order valence-corrected chi connectivity index (χ0v) is 13.2. The number of hydrogen-bond donors (Lipinski definition) is 1. The summed E-state index contributed by atoms with van der Waals surface area (Å²) in [6.45, 7) is 5.04. The van der Waals surface area contributed by atoms with Crippen LogP contribution in [-0.4, -0.2) is 56.8 Å². The molecule has 0 unspecified atom stereocenters. The van der Waals surface area contributed by atoms with Gasteiger partial charge in [0.1, 0.15) is 11.6 Å². The predicted molar refractivity (Wildman–Crippen MR) is 76.8 cm³/mol. The fraction of sp³-hybridized carbons (Fsp3) is 0.533. The summed E-state index contributed by atoms with van der Waals surface area (Å²) < 4.78 is 23.2. The van der Waals surface area contributed by atoms with E-state index >= 15 is 0 Å². The molecule has 7 heteroatoms. The number of carbonyl (C=O) groups excluding carboxylic acids is 1. The lowest BCUT2D eigenvalue weighted by Gasteiger charge is -2.26. The summed E-state index contributed by atoms with van der Waals surface area (Å²) in [6, 6.07) is 5.60. The lowest BCUT2D eigenvalue weighted by Crippen LogP contribution is -3.00. The van der Waals surface area contributed by atoms with Gasteiger partial charge in [0.15, 0.2) is 6.61 Å². The Balaban J connectivity index is 0.00000242. The fourth-order valence-corrected chi connectivity index (χ4v) is 2.09. The number of halogens is 2. The molecule has 1 amide bonds. The Hall–Kier alpha value is -1.37. The minimum atomic E-state index is -0.324. The number of amides is 1. The normalized spacial score (nSPS) is 15.0. The van der Waals surface area contributed by atoms with E-state index in [4.69, 9.17) is 9.47 Å². The number of nitrogens with zero attached hydrogens (tertiary/aromatic N) is 1. The van der Waals surface area contributed by atoms with Crippen LogP contribution in [0.15, 0.2) is 24.3 Å². The number of nitrogens with one attached hydrogen (secondary N) is 1. The molecule has 2 rings (SSSR count). The first kappa shape index (κ1) is 18.7. The van der Waals surface area contributed by atoms with E-state index in [9.17, 15) is 9.18 Å². The Morgan fingerprint density at radius 1 is 1.27 bits per heavy atom. The highest BCUT2D eigenvalue weighted by atomic mass is 35.5. The second-order valence-corrected chi connectivity index (χ2v) is 4.90. The maximum atomic E-state index is 12.7. The average Bonchev–Trinajstić information content (AvgIpc) is 2.52. The summed E-state index contributed by atoms with van der Waals surface area (Å²) in [5.41, 5.74) is 0. The average molecular weight is 332 g/mol. The predicted octanol–water partition coefficient (Wildman–Crippen LogP) is -1.95. The van der Waals surface area contributed by atoms with Crippen molar-refractivity contribution in [2.24, 2.45) is 0 Å². The Morgan fingerprint density at radius 3 is 2.64 bits per heavy atom. The SMILES string of the molecule is O=C(COc1ccc(F)cc1)NCCCN1CCOCC1.[Cl-]. The van der Waals surface area contributed by atoms with E-state index in [2.05, 4.69) is 10.2 Å². The monoisotopic (exact) mass is 331 g/mol. The topological polar surface area (TPSA) is 50.8 Å². The van der Waals surface area contributed by atoms with Gasteiger partial charge in [0, 0.05) is 19.6 Å². The number of rotatable bonds is 7. The number of ether oxygens (including phenoxy) is 2. The number of morpholine rings is 1. The molecule has 0 radical (unpaired) electrons. The molecule has 1 aromatic rings. The van der Waals surface area contributed by atoms with Crippen molar-refractivity contribution >= 4 is 5.91 Å². The number of hydrogen-bond acceptors (Lipinski definition) is 4. The van der Waals surface area contributed by atoms with E-state index in [1.54, 1.807) is 0 Å². The molecule has 1 aromatic carbocycles. The molecule has 0 aromatic heterocycles. The zero-order valence-electron chi connectivity index (χ0n) is 12.4. The Bertz CT molecular complexity index is 439. The highest BCUT2D eigenvalue weighted by Crippen LogP contribution is 2.10. The number of carbonyl (C=O) groups is 1. The van der Waals surface area contributed by atoms with Crippen molar-refractivity contribution in [3.8, 4) is 5.75 Å². The smallest absolute Gasteiger partial charge is 0.257 e. The second-order valence-electron chi connectivity index (χ2n) is 4.90. The van der Waals surface area contributed by atoms with Crippen molar-refractivity contribution < 1.29 is 31.1 Å². The van der Waals surface area contributed by atoms with Gasteiger partial charge in [-0.15, -0.1) is 0 Å². The molecule has 1 N–H and O–H groups in total. The largest absolute Gasteiger partial charge is 1.00 e. The number of benzene rings is 1. The molecule has 5 nitrogen and oxygen atoms in total. The molecular formula is C15H21ClFN2O3-. The third kappa shape index (κ3) is 7.06. The van der Waals surface area contributed by atoms with Gasteiger partial charge in [-0.25, -0.2) is 4.39 Å². The van der Waals surface area contributed by atoms with Gasteiger partial charge in [-0.05, 0) is 37.2 Å². The Morgan fingerprint density at radius 2 is 1.95 bits per heavy atom. The van der Waals surface area contributed by atoms with Crippen molar-refractivity contribution in [1.29, 1.82) is 0 Å². The van der Waals surface area contributed by atoms with Gasteiger partial charge in [-0.1, -0.05) is 0 Å². The molecule has 0 bridgehead atoms. The Labute approximate surface area is 136 Å². The van der Waals surface area contributed by atoms with E-state index in [1.165, 1.54) is 24.3 Å². The summed E-state index contributed by atoms with van der Waals surface area (Å²) in [4.78, 5) is 13.9. The van der Waals surface area contributed by atoms with Gasteiger partial charge < -0.3 is 27.2 Å². The molecule has 0 atom stereocenters. The van der Waals surface area contributed by atoms with Crippen LogP contribution < -0.4 is 22.5 Å². The summed E-state index contributed by atoms with van der Waals surface area (Å²) in [5, 5.41) is 2.81. The molecule has 0 saturated carbocycles. The molecule has 1 heterocycles. The van der Waals surface area contributed by atoms with Crippen LogP contribution in [0.4, 0.5) is 4.39 Å². The summed E-state index contributed by atoms with van der Waals surface area (Å²) >= 11 is 0. The third-order valence-corrected chi connectivity index (χ3v) is 3.26. The molecule has 0 aliphatic carbocycles. The van der Waals surface area contributed by atoms with Crippen LogP contribution in [0, 0.1) is 5.82 Å². The third-order valence-electron chi connectivity index (χ3n) is 3.26. The van der Waals surface area contributed by atoms with Crippen LogP contribution in [0.3, 0.4) is 0 Å². The molecule has 22 heavy (non-hydrogen) atoms. The molecule has 1 aliphatic heterocycles. The van der Waals surface area contributed by atoms with Crippen molar-refractivity contribution in [2.45, 2.75) is 6.42 Å². The van der Waals surface area contributed by atoms with E-state index in [1.807, 2.05) is 0 Å². The van der Waals surface area contributed by atoms with E-state index in [0.717, 1.165) is 39.3 Å². The molecule has 0 spiro atoms. The first-order valence-electron chi connectivity index (χ1n) is 7.19. The Kier molecular flexibility index (Phi) is 8.81. The van der Waals surface area contributed by atoms with E-state index in [-0.39, 0.29) is 30.7 Å². The summed E-state index contributed by atoms with van der Waals surface area (Å²) in [6.07, 6.45) is 0.905. The van der Waals surface area contributed by atoms with Crippen LogP contribution in [-0.2, 0) is 9.53 Å². The first-order chi connectivity index (χ1) is 10.2. The quantitative estimate of drug-likeness (QED) is 0.590. The lowest BCUT2D eigenvalue weighted by atomic mass is 10.3. The maximum absolute atomic E-state index is 12.7. The molecule has 1 fully saturated rings. The zero-order chi connectivity index (χ0) is 14.9. The van der Waals surface area contributed by atoms with Crippen molar-refractivity contribution in [3.05, 3.63) is 30.1 Å². The second kappa shape index (κ2) is 10.4. The molecular weight excluding hydrogens is 311 g/mol. The van der Waals surface area contributed by atoms with Gasteiger partial charge in [0.2, 0.25) is 0 Å². The van der Waals surface area contributed by atoms with Crippen LogP contribution in [0.25, 0.3) is 0 Å². The highest BCUT2D eigenvalue weighted by Gasteiger charge is 2.09. The fourth-order valence-electron chi connectivity index (χ4n) is 2.09. The minimum absolute atomic E-state index is 0. The minimum Gasteiger partial charge on any atom is -1.00 e. The lowest BCUT2D eigenvalue weighted by molar-refractivity contribution is -0.123. The highest BCUT2D eigenvalue weighted by molar-refractivity contribution is 5.77. The summed E-state index contributed by atoms with van der Waals surface area (Å²) in [5.74, 6) is -0.00363. The van der Waals surface area contributed by atoms with Gasteiger partial charge in [-0.2, -0.15) is 0 Å². The first-order valence-corrected chi connectivity index (χ1v) is 7.19. The summed E-state index contributed by atoms with van der Waals surface area (Å²) in [7, 11) is 0. The molecule has 124 valence electrons. The molecule has 1 saturated heterocycles. The van der Waals surface area contributed by atoms with Crippen molar-refractivity contribution in [1.82, 2.24) is 10.2 Å². The van der Waals surface area contributed by atoms with Crippen LogP contribution in [0.2, 0.25) is 0 Å². The van der Waals surface area contributed by atoms with Crippen LogP contribution in [0.1, 0.15) is 6.42 Å². The maximum Gasteiger partial charge on any atom is 0.257 e. The van der Waals surface area contributed by atoms with E-state index < -0.39 is 0 Å². The van der Waals surface area contributed by atoms with Gasteiger partial charge in [-0.3, -0.25) is 9.69 Å². The van der Waals surface area contributed by atoms with Gasteiger partial charge in [0.25, 0.3) is 5.91 Å². The van der Waals surface area contributed by atoms with Gasteiger partial charge in [0.05, 0.1) is 13.2 Å². The van der Waals surface area contributed by atoms with E-state index in [0.29, 0.717) is 12.3 Å². The van der Waals surface area contributed by atoms with Crippen LogP contribution in [0.5, 0.6) is 5.75 Å². The van der Waals surface area contributed by atoms with Crippen molar-refractivity contribution in [2.75, 3.05) is 46.0 Å². The molecule has 1 aliphatic rings. The van der Waals surface area contributed by atoms with Crippen molar-refractivity contribution in [3.63, 3.8) is 0 Å².